The van der Waals surface area contributed by atoms with E-state index in [2.05, 4.69) is 131 Å². The van der Waals surface area contributed by atoms with Crippen molar-refractivity contribution in [2.24, 2.45) is 5.92 Å². The minimum atomic E-state index is 0.669. The molecule has 2 unspecified atom stereocenters. The van der Waals surface area contributed by atoms with Gasteiger partial charge in [0, 0.05) is 44.7 Å². The molecule has 2 atom stereocenters. The van der Waals surface area contributed by atoms with E-state index >= 15 is 0 Å². The molecule has 1 fully saturated rings. The van der Waals surface area contributed by atoms with E-state index in [9.17, 15) is 0 Å². The molecule has 9 rings (SSSR count). The maximum Gasteiger partial charge on any atom is 0.0537 e. The molecule has 39 heavy (non-hydrogen) atoms. The van der Waals surface area contributed by atoms with Gasteiger partial charge in [0.15, 0.2) is 0 Å². The molecule has 0 amide bonds. The van der Waals surface area contributed by atoms with Gasteiger partial charge in [-0.25, -0.2) is 0 Å². The molecule has 6 aromatic rings. The molecule has 0 spiro atoms. The molecule has 186 valence electrons. The summed E-state index contributed by atoms with van der Waals surface area (Å²) in [7, 11) is 0. The van der Waals surface area contributed by atoms with Crippen molar-refractivity contribution in [3.63, 3.8) is 0 Å². The third kappa shape index (κ3) is 3.09. The van der Waals surface area contributed by atoms with E-state index < -0.39 is 0 Å². The molecule has 1 saturated carbocycles. The number of hydrogen-bond donors (Lipinski definition) is 0. The standard InChI is InChI=1S/C37H28N2/c1-4-10-34-29(7-1)30-8-2-5-11-35(30)38(34)27-18-13-24(14-19-27)25-15-20-28(21-16-25)39-36-12-6-3-9-31(36)32-22-17-26-23-33(26)37(32)39/h1-13,15-18,20-22,26,33H,14,19,23H2. The number of rotatable bonds is 3. The van der Waals surface area contributed by atoms with Crippen LogP contribution in [-0.4, -0.2) is 9.13 Å². The van der Waals surface area contributed by atoms with Crippen LogP contribution >= 0.6 is 0 Å². The van der Waals surface area contributed by atoms with E-state index in [0.29, 0.717) is 5.92 Å². The van der Waals surface area contributed by atoms with Crippen molar-refractivity contribution < 1.29 is 0 Å². The average Bonchev–Trinajstić information content (AvgIpc) is 3.62. The highest BCUT2D eigenvalue weighted by Gasteiger charge is 2.43. The van der Waals surface area contributed by atoms with Crippen molar-refractivity contribution in [1.29, 1.82) is 0 Å². The molecule has 0 N–H and O–H groups in total. The summed E-state index contributed by atoms with van der Waals surface area (Å²) in [6.45, 7) is 0. The van der Waals surface area contributed by atoms with Crippen molar-refractivity contribution in [3.8, 4) is 5.69 Å². The van der Waals surface area contributed by atoms with Crippen molar-refractivity contribution >= 4 is 50.1 Å². The van der Waals surface area contributed by atoms with E-state index in [1.54, 1.807) is 0 Å². The Labute approximate surface area is 227 Å². The molecule has 2 heteroatoms. The largest absolute Gasteiger partial charge is 0.313 e. The predicted molar refractivity (Wildman–Crippen MR) is 164 cm³/mol. The van der Waals surface area contributed by atoms with Gasteiger partial charge in [-0.3, -0.25) is 0 Å². The summed E-state index contributed by atoms with van der Waals surface area (Å²) < 4.78 is 4.99. The molecule has 2 aromatic heterocycles. The van der Waals surface area contributed by atoms with Crippen molar-refractivity contribution in [1.82, 2.24) is 9.13 Å². The highest BCUT2D eigenvalue weighted by atomic mass is 15.0. The zero-order chi connectivity index (χ0) is 25.5. The summed E-state index contributed by atoms with van der Waals surface area (Å²) >= 11 is 0. The number of allylic oxidation sites excluding steroid dienone is 5. The number of aromatic nitrogens is 2. The van der Waals surface area contributed by atoms with E-state index in [1.165, 1.54) is 72.9 Å². The van der Waals surface area contributed by atoms with Crippen LogP contribution in [0.1, 0.15) is 42.0 Å². The highest BCUT2D eigenvalue weighted by Crippen LogP contribution is 2.55. The fourth-order valence-corrected chi connectivity index (χ4v) is 7.17. The molecule has 0 aliphatic heterocycles. The lowest BCUT2D eigenvalue weighted by Gasteiger charge is -2.19. The zero-order valence-corrected chi connectivity index (χ0v) is 21.7. The van der Waals surface area contributed by atoms with Crippen molar-refractivity contribution in [2.45, 2.75) is 25.2 Å². The lowest BCUT2D eigenvalue weighted by atomic mass is 9.95. The molecule has 4 aromatic carbocycles. The van der Waals surface area contributed by atoms with Crippen LogP contribution < -0.4 is 0 Å². The first-order valence-corrected chi connectivity index (χ1v) is 14.2. The molecule has 0 bridgehead atoms. The van der Waals surface area contributed by atoms with E-state index in [-0.39, 0.29) is 0 Å². The Morgan fingerprint density at radius 1 is 0.590 bits per heavy atom. The number of hydrogen-bond acceptors (Lipinski definition) is 0. The van der Waals surface area contributed by atoms with Crippen LogP contribution in [0.4, 0.5) is 0 Å². The second-order valence-corrected chi connectivity index (χ2v) is 11.3. The Bertz CT molecular complexity index is 1990. The number of benzene rings is 4. The third-order valence-electron chi connectivity index (χ3n) is 9.14. The third-order valence-corrected chi connectivity index (χ3v) is 9.14. The van der Waals surface area contributed by atoms with E-state index in [4.69, 9.17) is 0 Å². The van der Waals surface area contributed by atoms with Gasteiger partial charge in [0.05, 0.1) is 16.6 Å². The molecule has 2 nitrogen and oxygen atoms in total. The number of para-hydroxylation sites is 3. The minimum absolute atomic E-state index is 0.669. The van der Waals surface area contributed by atoms with Gasteiger partial charge in [-0.15, -0.1) is 0 Å². The summed E-state index contributed by atoms with van der Waals surface area (Å²) in [5.74, 6) is 1.39. The SMILES string of the molecule is C1=CC2CC2c2c1c1ccccc1n2-c1ccc(C2=CC=C(n3c4ccccc4c4ccccc43)CC2)cc1. The molecule has 0 saturated heterocycles. The highest BCUT2D eigenvalue weighted by molar-refractivity contribution is 6.10. The molecule has 0 radical (unpaired) electrons. The van der Waals surface area contributed by atoms with Gasteiger partial charge in [0.2, 0.25) is 0 Å². The van der Waals surface area contributed by atoms with Crippen LogP contribution in [0.2, 0.25) is 0 Å². The quantitative estimate of drug-likeness (QED) is 0.229. The first-order valence-electron chi connectivity index (χ1n) is 14.2. The summed E-state index contributed by atoms with van der Waals surface area (Å²) in [4.78, 5) is 0. The molecule has 2 heterocycles. The Kier molecular flexibility index (Phi) is 4.37. The lowest BCUT2D eigenvalue weighted by molar-refractivity contribution is 0.896. The Morgan fingerprint density at radius 3 is 1.90 bits per heavy atom. The van der Waals surface area contributed by atoms with Crippen molar-refractivity contribution in [2.75, 3.05) is 0 Å². The Morgan fingerprint density at radius 2 is 1.23 bits per heavy atom. The van der Waals surface area contributed by atoms with Gasteiger partial charge in [0.1, 0.15) is 0 Å². The Hall–Kier alpha value is -4.56. The smallest absolute Gasteiger partial charge is 0.0537 e. The molecule has 3 aliphatic rings. The monoisotopic (exact) mass is 500 g/mol. The second-order valence-electron chi connectivity index (χ2n) is 11.3. The van der Waals surface area contributed by atoms with Crippen LogP contribution in [0.15, 0.2) is 115 Å². The van der Waals surface area contributed by atoms with Crippen LogP contribution in [0.5, 0.6) is 0 Å². The summed E-state index contributed by atoms with van der Waals surface area (Å²) in [5, 5.41) is 4.02. The van der Waals surface area contributed by atoms with Crippen LogP contribution in [-0.2, 0) is 0 Å². The maximum atomic E-state index is 2.53. The average molecular weight is 501 g/mol. The van der Waals surface area contributed by atoms with Crippen LogP contribution in [0.25, 0.3) is 55.7 Å². The summed E-state index contributed by atoms with van der Waals surface area (Å²) in [6, 6.07) is 35.7. The van der Waals surface area contributed by atoms with Crippen molar-refractivity contribution in [3.05, 3.63) is 132 Å². The van der Waals surface area contributed by atoms with E-state index in [1.807, 2.05) is 0 Å². The molecular formula is C37H28N2. The van der Waals surface area contributed by atoms with Gasteiger partial charge < -0.3 is 9.13 Å². The molecular weight excluding hydrogens is 472 g/mol. The van der Waals surface area contributed by atoms with E-state index in [0.717, 1.165) is 18.8 Å². The van der Waals surface area contributed by atoms with Gasteiger partial charge in [-0.05, 0) is 72.7 Å². The van der Waals surface area contributed by atoms with Crippen LogP contribution in [0, 0.1) is 5.92 Å². The first kappa shape index (κ1) is 21.4. The second kappa shape index (κ2) is 7.97. The molecule has 3 aliphatic carbocycles. The van der Waals surface area contributed by atoms with Crippen LogP contribution in [0.3, 0.4) is 0 Å². The number of fused-ring (bicyclic) bond motifs is 8. The zero-order valence-electron chi connectivity index (χ0n) is 21.7. The first-order chi connectivity index (χ1) is 19.3. The fraction of sp³-hybridized carbons (Fsp3) is 0.135. The van der Waals surface area contributed by atoms with Gasteiger partial charge in [0.25, 0.3) is 0 Å². The predicted octanol–water partition coefficient (Wildman–Crippen LogP) is 9.59. The minimum Gasteiger partial charge on any atom is -0.313 e. The Balaban J connectivity index is 1.10. The lowest BCUT2D eigenvalue weighted by Crippen LogP contribution is -2.03. The normalized spacial score (nSPS) is 19.7. The van der Waals surface area contributed by atoms with Gasteiger partial charge in [-0.1, -0.05) is 85.0 Å². The number of nitrogens with zero attached hydrogens (tertiary/aromatic N) is 2. The summed E-state index contributed by atoms with van der Waals surface area (Å²) in [5.41, 5.74) is 12.2. The van der Waals surface area contributed by atoms with Gasteiger partial charge in [-0.2, -0.15) is 0 Å². The topological polar surface area (TPSA) is 9.86 Å². The fourth-order valence-electron chi connectivity index (χ4n) is 7.17. The van der Waals surface area contributed by atoms with Gasteiger partial charge >= 0.3 is 0 Å². The maximum absolute atomic E-state index is 2.53. The summed E-state index contributed by atoms with van der Waals surface area (Å²) in [6.07, 6.45) is 12.8.